The second-order valence-electron chi connectivity index (χ2n) is 2.13. The number of fused-ring (bicyclic) bond motifs is 1. The van der Waals surface area contributed by atoms with Crippen LogP contribution in [-0.2, 0) is 12.8 Å². The maximum absolute atomic E-state index is 4.93. The van der Waals surface area contributed by atoms with E-state index < -0.39 is 0 Å². The summed E-state index contributed by atoms with van der Waals surface area (Å²) in [6.45, 7) is 0. The Bertz CT molecular complexity index is 174. The molecule has 42 valence electrons. The normalized spacial score (nSPS) is 16.5. The average molecular weight is 109 g/mol. The quantitative estimate of drug-likeness (QED) is 0.499. The van der Waals surface area contributed by atoms with Gasteiger partial charge in [0.05, 0.1) is 6.20 Å². The number of aromatic nitrogens is 1. The molecule has 2 nitrogen and oxygen atoms in total. The minimum Gasteiger partial charge on any atom is -0.361 e. The first kappa shape index (κ1) is 4.13. The number of aryl methyl sites for hydroxylation is 2. The van der Waals surface area contributed by atoms with Gasteiger partial charge in [-0.3, -0.25) is 0 Å². The molecule has 2 rings (SSSR count). The van der Waals surface area contributed by atoms with Gasteiger partial charge in [0.15, 0.2) is 0 Å². The zero-order valence-electron chi connectivity index (χ0n) is 4.55. The van der Waals surface area contributed by atoms with Gasteiger partial charge in [-0.1, -0.05) is 5.16 Å². The van der Waals surface area contributed by atoms with Crippen molar-refractivity contribution >= 4 is 0 Å². The van der Waals surface area contributed by atoms with Crippen LogP contribution in [0.5, 0.6) is 0 Å². The van der Waals surface area contributed by atoms with Gasteiger partial charge in [0, 0.05) is 12.0 Å². The smallest absolute Gasteiger partial charge is 0.139 e. The first-order valence-electron chi connectivity index (χ1n) is 2.89. The largest absolute Gasteiger partial charge is 0.361 e. The molecule has 2 heteroatoms. The SMILES string of the molecule is c1noc2c1CCC2. The van der Waals surface area contributed by atoms with Gasteiger partial charge < -0.3 is 4.52 Å². The van der Waals surface area contributed by atoms with Crippen LogP contribution in [0, 0.1) is 0 Å². The van der Waals surface area contributed by atoms with Crippen LogP contribution >= 0.6 is 0 Å². The van der Waals surface area contributed by atoms with E-state index in [-0.39, 0.29) is 0 Å². The van der Waals surface area contributed by atoms with Gasteiger partial charge in [-0.2, -0.15) is 0 Å². The molecule has 0 unspecified atom stereocenters. The zero-order chi connectivity index (χ0) is 5.40. The van der Waals surface area contributed by atoms with Crippen molar-refractivity contribution in [1.29, 1.82) is 0 Å². The summed E-state index contributed by atoms with van der Waals surface area (Å²) in [5, 5.41) is 3.67. The van der Waals surface area contributed by atoms with Gasteiger partial charge in [0.2, 0.25) is 0 Å². The van der Waals surface area contributed by atoms with E-state index in [0.29, 0.717) is 0 Å². The van der Waals surface area contributed by atoms with E-state index in [0.717, 1.165) is 12.2 Å². The molecule has 0 spiro atoms. The van der Waals surface area contributed by atoms with Crippen molar-refractivity contribution in [2.75, 3.05) is 0 Å². The minimum atomic E-state index is 1.09. The van der Waals surface area contributed by atoms with Gasteiger partial charge in [-0.05, 0) is 12.8 Å². The summed E-state index contributed by atoms with van der Waals surface area (Å²) in [6.07, 6.45) is 5.33. The van der Waals surface area contributed by atoms with Crippen LogP contribution < -0.4 is 0 Å². The first-order chi connectivity index (χ1) is 3.97. The highest BCUT2D eigenvalue weighted by atomic mass is 16.5. The third kappa shape index (κ3) is 0.399. The van der Waals surface area contributed by atoms with Crippen molar-refractivity contribution in [3.63, 3.8) is 0 Å². The molecule has 1 aromatic heterocycles. The molecule has 0 aromatic carbocycles. The molecule has 1 heterocycles. The molecule has 1 aliphatic carbocycles. The van der Waals surface area contributed by atoms with E-state index >= 15 is 0 Å². The third-order valence-corrected chi connectivity index (χ3v) is 1.58. The van der Waals surface area contributed by atoms with Crippen molar-refractivity contribution in [3.05, 3.63) is 17.5 Å². The Morgan fingerprint density at radius 2 is 2.50 bits per heavy atom. The van der Waals surface area contributed by atoms with Gasteiger partial charge in [0.25, 0.3) is 0 Å². The maximum atomic E-state index is 4.93. The standard InChI is InChI=1S/C6H7NO/c1-2-5-4-7-8-6(5)3-1/h4H,1-3H2. The highest BCUT2D eigenvalue weighted by Gasteiger charge is 2.13. The summed E-state index contributed by atoms with van der Waals surface area (Å²) in [5.41, 5.74) is 1.31. The second kappa shape index (κ2) is 1.34. The molecular weight excluding hydrogens is 102 g/mol. The van der Waals surface area contributed by atoms with Gasteiger partial charge in [0.1, 0.15) is 5.76 Å². The van der Waals surface area contributed by atoms with Crippen LogP contribution in [0.25, 0.3) is 0 Å². The number of hydrogen-bond acceptors (Lipinski definition) is 2. The summed E-state index contributed by atoms with van der Waals surface area (Å²) in [4.78, 5) is 0. The minimum absolute atomic E-state index is 1.09. The van der Waals surface area contributed by atoms with Crippen LogP contribution in [0.1, 0.15) is 17.7 Å². The van der Waals surface area contributed by atoms with E-state index in [1.807, 2.05) is 6.20 Å². The van der Waals surface area contributed by atoms with E-state index in [1.165, 1.54) is 18.4 Å². The Hall–Kier alpha value is -0.790. The Morgan fingerprint density at radius 1 is 1.50 bits per heavy atom. The lowest BCUT2D eigenvalue weighted by Crippen LogP contribution is -1.68. The van der Waals surface area contributed by atoms with Crippen LogP contribution in [-0.4, -0.2) is 5.16 Å². The lowest BCUT2D eigenvalue weighted by atomic mass is 10.3. The van der Waals surface area contributed by atoms with E-state index in [9.17, 15) is 0 Å². The lowest BCUT2D eigenvalue weighted by Gasteiger charge is -1.76. The van der Waals surface area contributed by atoms with Crippen molar-refractivity contribution in [2.45, 2.75) is 19.3 Å². The fraction of sp³-hybridized carbons (Fsp3) is 0.500. The summed E-state index contributed by atoms with van der Waals surface area (Å²) < 4.78 is 4.93. The predicted molar refractivity (Wildman–Crippen MR) is 28.5 cm³/mol. The number of hydrogen-bond donors (Lipinski definition) is 0. The van der Waals surface area contributed by atoms with Crippen molar-refractivity contribution in [3.8, 4) is 0 Å². The molecule has 0 atom stereocenters. The Balaban J connectivity index is 2.54. The van der Waals surface area contributed by atoms with Crippen molar-refractivity contribution < 1.29 is 4.52 Å². The van der Waals surface area contributed by atoms with E-state index in [1.54, 1.807) is 0 Å². The summed E-state index contributed by atoms with van der Waals surface area (Å²) in [5.74, 6) is 1.10. The molecule has 8 heavy (non-hydrogen) atoms. The van der Waals surface area contributed by atoms with Crippen LogP contribution in [0.3, 0.4) is 0 Å². The molecule has 0 N–H and O–H groups in total. The Kier molecular flexibility index (Phi) is 0.692. The Morgan fingerprint density at radius 3 is 3.38 bits per heavy atom. The summed E-state index contributed by atoms with van der Waals surface area (Å²) in [7, 11) is 0. The monoisotopic (exact) mass is 109 g/mol. The molecule has 0 amide bonds. The molecule has 0 saturated carbocycles. The summed E-state index contributed by atoms with van der Waals surface area (Å²) >= 11 is 0. The van der Waals surface area contributed by atoms with Crippen LogP contribution in [0.15, 0.2) is 10.7 Å². The lowest BCUT2D eigenvalue weighted by molar-refractivity contribution is 0.386. The molecule has 0 fully saturated rings. The second-order valence-corrected chi connectivity index (χ2v) is 2.13. The average Bonchev–Trinajstić information content (AvgIpc) is 2.15. The summed E-state index contributed by atoms with van der Waals surface area (Å²) in [6, 6.07) is 0. The van der Waals surface area contributed by atoms with E-state index in [4.69, 9.17) is 4.52 Å². The molecule has 0 radical (unpaired) electrons. The van der Waals surface area contributed by atoms with Crippen molar-refractivity contribution in [2.24, 2.45) is 0 Å². The highest BCUT2D eigenvalue weighted by molar-refractivity contribution is 5.18. The molecule has 0 bridgehead atoms. The maximum Gasteiger partial charge on any atom is 0.139 e. The number of nitrogens with zero attached hydrogens (tertiary/aromatic N) is 1. The van der Waals surface area contributed by atoms with Gasteiger partial charge >= 0.3 is 0 Å². The van der Waals surface area contributed by atoms with E-state index in [2.05, 4.69) is 5.16 Å². The Labute approximate surface area is 47.5 Å². The fourth-order valence-electron chi connectivity index (χ4n) is 1.13. The third-order valence-electron chi connectivity index (χ3n) is 1.58. The fourth-order valence-corrected chi connectivity index (χ4v) is 1.13. The number of rotatable bonds is 0. The molecule has 0 saturated heterocycles. The molecule has 1 aromatic rings. The molecule has 1 aliphatic rings. The predicted octanol–water partition coefficient (Wildman–Crippen LogP) is 1.16. The van der Waals surface area contributed by atoms with Gasteiger partial charge in [-0.25, -0.2) is 0 Å². The van der Waals surface area contributed by atoms with Crippen LogP contribution in [0.4, 0.5) is 0 Å². The van der Waals surface area contributed by atoms with Crippen LogP contribution in [0.2, 0.25) is 0 Å². The molecule has 0 aliphatic heterocycles. The van der Waals surface area contributed by atoms with Gasteiger partial charge in [-0.15, -0.1) is 0 Å². The topological polar surface area (TPSA) is 26.0 Å². The zero-order valence-corrected chi connectivity index (χ0v) is 4.55. The molecular formula is C6H7NO. The van der Waals surface area contributed by atoms with Crippen molar-refractivity contribution in [1.82, 2.24) is 5.16 Å². The first-order valence-corrected chi connectivity index (χ1v) is 2.89. The highest BCUT2D eigenvalue weighted by Crippen LogP contribution is 2.19.